The highest BCUT2D eigenvalue weighted by Gasteiger charge is 2.43. The summed E-state index contributed by atoms with van der Waals surface area (Å²) in [6.45, 7) is 5.49. The third-order valence-electron chi connectivity index (χ3n) is 3.25. The third kappa shape index (κ3) is 3.23. The fourth-order valence-electron chi connectivity index (χ4n) is 2.25. The van der Waals surface area contributed by atoms with Crippen LogP contribution in [-0.4, -0.2) is 12.2 Å². The average Bonchev–Trinajstić information content (AvgIpc) is 2.15. The molecule has 1 nitrogen and oxygen atoms in total. The predicted octanol–water partition coefficient (Wildman–Crippen LogP) is 3.26. The lowest BCUT2D eigenvalue weighted by Crippen LogP contribution is -2.38. The molecule has 0 saturated heterocycles. The molecule has 4 heteroatoms. The van der Waals surface area contributed by atoms with Crippen LogP contribution in [0.5, 0.6) is 0 Å². The Morgan fingerprint density at radius 1 is 1.40 bits per heavy atom. The quantitative estimate of drug-likeness (QED) is 0.711. The van der Waals surface area contributed by atoms with Gasteiger partial charge in [0.15, 0.2) is 0 Å². The average molecular weight is 221 g/mol. The zero-order valence-corrected chi connectivity index (χ0v) is 8.98. The number of nitrogens with two attached hydrogens (primary N) is 1. The SMILES string of the molecule is C=C(C)C(N)C1CCCC(C(F)(F)F)C1. The van der Waals surface area contributed by atoms with Crippen LogP contribution in [0.3, 0.4) is 0 Å². The molecule has 0 aliphatic heterocycles. The molecular weight excluding hydrogens is 203 g/mol. The van der Waals surface area contributed by atoms with Crippen LogP contribution < -0.4 is 5.73 Å². The minimum absolute atomic E-state index is 0.0529. The zero-order valence-electron chi connectivity index (χ0n) is 8.98. The number of hydrogen-bond acceptors (Lipinski definition) is 1. The first-order chi connectivity index (χ1) is 6.82. The predicted molar refractivity (Wildman–Crippen MR) is 54.3 cm³/mol. The van der Waals surface area contributed by atoms with Gasteiger partial charge < -0.3 is 5.73 Å². The lowest BCUT2D eigenvalue weighted by molar-refractivity contribution is -0.186. The van der Waals surface area contributed by atoms with E-state index in [1.807, 2.05) is 0 Å². The number of hydrogen-bond donors (Lipinski definition) is 1. The Morgan fingerprint density at radius 3 is 2.47 bits per heavy atom. The van der Waals surface area contributed by atoms with Crippen molar-refractivity contribution in [3.05, 3.63) is 12.2 Å². The molecule has 0 aromatic heterocycles. The van der Waals surface area contributed by atoms with E-state index in [-0.39, 0.29) is 24.8 Å². The van der Waals surface area contributed by atoms with Crippen molar-refractivity contribution < 1.29 is 13.2 Å². The minimum atomic E-state index is -4.06. The highest BCUT2D eigenvalue weighted by atomic mass is 19.4. The van der Waals surface area contributed by atoms with E-state index in [9.17, 15) is 13.2 Å². The maximum Gasteiger partial charge on any atom is 0.391 e. The van der Waals surface area contributed by atoms with Gasteiger partial charge in [-0.05, 0) is 32.1 Å². The summed E-state index contributed by atoms with van der Waals surface area (Å²) in [6.07, 6.45) is -2.23. The van der Waals surface area contributed by atoms with E-state index in [1.54, 1.807) is 6.92 Å². The molecule has 0 aromatic rings. The van der Waals surface area contributed by atoms with E-state index in [0.29, 0.717) is 6.42 Å². The Balaban J connectivity index is 2.60. The van der Waals surface area contributed by atoms with Gasteiger partial charge in [0.05, 0.1) is 5.92 Å². The Bertz CT molecular complexity index is 234. The van der Waals surface area contributed by atoms with Crippen LogP contribution in [0, 0.1) is 11.8 Å². The maximum absolute atomic E-state index is 12.5. The number of alkyl halides is 3. The van der Waals surface area contributed by atoms with E-state index in [2.05, 4.69) is 6.58 Å². The van der Waals surface area contributed by atoms with Gasteiger partial charge in [-0.25, -0.2) is 0 Å². The molecule has 0 heterocycles. The molecule has 0 amide bonds. The van der Waals surface area contributed by atoms with Gasteiger partial charge in [-0.1, -0.05) is 18.6 Å². The molecule has 1 aliphatic carbocycles. The van der Waals surface area contributed by atoms with Crippen LogP contribution >= 0.6 is 0 Å². The van der Waals surface area contributed by atoms with Gasteiger partial charge in [0, 0.05) is 6.04 Å². The van der Waals surface area contributed by atoms with Crippen LogP contribution in [0.2, 0.25) is 0 Å². The van der Waals surface area contributed by atoms with Crippen molar-refractivity contribution in [2.75, 3.05) is 0 Å². The molecule has 0 spiro atoms. The van der Waals surface area contributed by atoms with Crippen molar-refractivity contribution in [2.45, 2.75) is 44.8 Å². The van der Waals surface area contributed by atoms with Crippen LogP contribution in [0.4, 0.5) is 13.2 Å². The second-order valence-electron chi connectivity index (χ2n) is 4.54. The minimum Gasteiger partial charge on any atom is -0.324 e. The summed E-state index contributed by atoms with van der Waals surface area (Å²) in [5, 5.41) is 0. The summed E-state index contributed by atoms with van der Waals surface area (Å²) in [7, 11) is 0. The molecule has 15 heavy (non-hydrogen) atoms. The van der Waals surface area contributed by atoms with E-state index in [0.717, 1.165) is 12.0 Å². The molecule has 88 valence electrons. The maximum atomic E-state index is 12.5. The summed E-state index contributed by atoms with van der Waals surface area (Å²) in [6, 6.07) is -0.282. The van der Waals surface area contributed by atoms with Crippen LogP contribution in [0.15, 0.2) is 12.2 Å². The molecule has 1 aliphatic rings. The van der Waals surface area contributed by atoms with Gasteiger partial charge in [0.1, 0.15) is 0 Å². The van der Waals surface area contributed by atoms with E-state index < -0.39 is 12.1 Å². The Kier molecular flexibility index (Phi) is 3.82. The molecule has 0 aromatic carbocycles. The molecule has 2 N–H and O–H groups in total. The summed E-state index contributed by atoms with van der Waals surface area (Å²) in [5.74, 6) is -1.22. The van der Waals surface area contributed by atoms with Crippen LogP contribution in [0.1, 0.15) is 32.6 Å². The van der Waals surface area contributed by atoms with Crippen molar-refractivity contribution >= 4 is 0 Å². The molecule has 3 atom stereocenters. The lowest BCUT2D eigenvalue weighted by atomic mass is 9.76. The number of halogens is 3. The molecule has 3 unspecified atom stereocenters. The van der Waals surface area contributed by atoms with Gasteiger partial charge in [0.2, 0.25) is 0 Å². The first kappa shape index (κ1) is 12.6. The zero-order chi connectivity index (χ0) is 11.6. The fourth-order valence-corrected chi connectivity index (χ4v) is 2.25. The van der Waals surface area contributed by atoms with Crippen molar-refractivity contribution in [2.24, 2.45) is 17.6 Å². The summed E-state index contributed by atoms with van der Waals surface area (Å²) >= 11 is 0. The Morgan fingerprint density at radius 2 is 2.00 bits per heavy atom. The Hall–Kier alpha value is -0.510. The third-order valence-corrected chi connectivity index (χ3v) is 3.25. The molecule has 1 saturated carbocycles. The van der Waals surface area contributed by atoms with Gasteiger partial charge in [-0.3, -0.25) is 0 Å². The van der Waals surface area contributed by atoms with Gasteiger partial charge in [0.25, 0.3) is 0 Å². The van der Waals surface area contributed by atoms with E-state index in [1.165, 1.54) is 0 Å². The largest absolute Gasteiger partial charge is 0.391 e. The first-order valence-electron chi connectivity index (χ1n) is 5.30. The summed E-state index contributed by atoms with van der Waals surface area (Å²) < 4.78 is 37.5. The second kappa shape index (κ2) is 4.56. The molecule has 0 bridgehead atoms. The van der Waals surface area contributed by atoms with Gasteiger partial charge >= 0.3 is 6.18 Å². The van der Waals surface area contributed by atoms with E-state index >= 15 is 0 Å². The highest BCUT2D eigenvalue weighted by molar-refractivity contribution is 5.03. The molecule has 1 rings (SSSR count). The highest BCUT2D eigenvalue weighted by Crippen LogP contribution is 2.41. The van der Waals surface area contributed by atoms with Crippen molar-refractivity contribution in [3.8, 4) is 0 Å². The number of rotatable bonds is 2. The van der Waals surface area contributed by atoms with Crippen LogP contribution in [-0.2, 0) is 0 Å². The smallest absolute Gasteiger partial charge is 0.324 e. The van der Waals surface area contributed by atoms with Gasteiger partial charge in [-0.2, -0.15) is 13.2 Å². The van der Waals surface area contributed by atoms with Gasteiger partial charge in [-0.15, -0.1) is 0 Å². The second-order valence-corrected chi connectivity index (χ2v) is 4.54. The fraction of sp³-hybridized carbons (Fsp3) is 0.818. The molecule has 0 radical (unpaired) electrons. The monoisotopic (exact) mass is 221 g/mol. The van der Waals surface area contributed by atoms with Crippen molar-refractivity contribution in [1.29, 1.82) is 0 Å². The van der Waals surface area contributed by atoms with E-state index in [4.69, 9.17) is 5.73 Å². The normalized spacial score (nSPS) is 29.9. The first-order valence-corrected chi connectivity index (χ1v) is 5.30. The van der Waals surface area contributed by atoms with Crippen LogP contribution in [0.25, 0.3) is 0 Å². The Labute approximate surface area is 88.5 Å². The molecule has 1 fully saturated rings. The standard InChI is InChI=1S/C11H18F3N/c1-7(2)10(15)8-4-3-5-9(6-8)11(12,13)14/h8-10H,1,3-6,15H2,2H3. The molecular formula is C11H18F3N. The summed E-state index contributed by atoms with van der Waals surface area (Å²) in [4.78, 5) is 0. The van der Waals surface area contributed by atoms with Crippen molar-refractivity contribution in [1.82, 2.24) is 0 Å². The van der Waals surface area contributed by atoms with Crippen molar-refractivity contribution in [3.63, 3.8) is 0 Å². The summed E-state index contributed by atoms with van der Waals surface area (Å²) in [5.41, 5.74) is 6.61. The lowest BCUT2D eigenvalue weighted by Gasteiger charge is -2.34. The topological polar surface area (TPSA) is 26.0 Å².